The number of benzene rings is 2. The minimum Gasteiger partial charge on any atom is -0.493 e. The van der Waals surface area contributed by atoms with Gasteiger partial charge in [-0.15, -0.1) is 0 Å². The first-order valence-corrected chi connectivity index (χ1v) is 8.64. The second-order valence-corrected chi connectivity index (χ2v) is 5.88. The predicted molar refractivity (Wildman–Crippen MR) is 108 cm³/mol. The summed E-state index contributed by atoms with van der Waals surface area (Å²) >= 11 is 0. The third kappa shape index (κ3) is 3.53. The van der Waals surface area contributed by atoms with E-state index in [9.17, 15) is 0 Å². The third-order valence-corrected chi connectivity index (χ3v) is 4.44. The Bertz CT molecular complexity index is 946. The van der Waals surface area contributed by atoms with Crippen LogP contribution < -0.4 is 23.7 Å². The lowest BCUT2D eigenvalue weighted by molar-refractivity contribution is 0.324. The van der Waals surface area contributed by atoms with Gasteiger partial charge in [0, 0.05) is 17.3 Å². The molecular formula is C22H23NO5. The summed E-state index contributed by atoms with van der Waals surface area (Å²) in [5.74, 6) is 3.02. The van der Waals surface area contributed by atoms with Crippen molar-refractivity contribution in [3.63, 3.8) is 0 Å². The molecule has 1 aromatic heterocycles. The van der Waals surface area contributed by atoms with Crippen molar-refractivity contribution in [3.05, 3.63) is 48.7 Å². The summed E-state index contributed by atoms with van der Waals surface area (Å²) in [6.07, 6.45) is 1.76. The normalized spacial score (nSPS) is 10.3. The van der Waals surface area contributed by atoms with Crippen LogP contribution in [0.5, 0.6) is 28.7 Å². The van der Waals surface area contributed by atoms with Crippen LogP contribution in [0.2, 0.25) is 0 Å². The summed E-state index contributed by atoms with van der Waals surface area (Å²) in [6.45, 7) is 0. The smallest absolute Gasteiger partial charge is 0.203 e. The van der Waals surface area contributed by atoms with E-state index in [0.29, 0.717) is 28.7 Å². The molecule has 0 N–H and O–H groups in total. The highest BCUT2D eigenvalue weighted by atomic mass is 16.5. The molecule has 3 rings (SSSR count). The predicted octanol–water partition coefficient (Wildman–Crippen LogP) is 4.46. The van der Waals surface area contributed by atoms with Crippen LogP contribution in [0.1, 0.15) is 0 Å². The Labute approximate surface area is 164 Å². The Balaban J connectivity index is 2.19. The third-order valence-electron chi connectivity index (χ3n) is 4.44. The van der Waals surface area contributed by atoms with Crippen LogP contribution >= 0.6 is 0 Å². The molecule has 0 saturated heterocycles. The standard InChI is InChI=1S/C22H23NO5/c1-24-17-9-8-14(11-18(17)25-2)21-16(7-6-10-23-21)15-12-19(26-3)22(28-5)20(13-15)27-4/h6-13H,1-5H3. The van der Waals surface area contributed by atoms with E-state index >= 15 is 0 Å². The molecule has 6 heteroatoms. The molecule has 0 fully saturated rings. The van der Waals surface area contributed by atoms with Gasteiger partial charge in [-0.1, -0.05) is 6.07 Å². The molecule has 2 aromatic carbocycles. The Morgan fingerprint density at radius 3 is 1.79 bits per heavy atom. The van der Waals surface area contributed by atoms with Crippen molar-refractivity contribution in [2.75, 3.05) is 35.5 Å². The van der Waals surface area contributed by atoms with E-state index in [-0.39, 0.29) is 0 Å². The molecular weight excluding hydrogens is 358 g/mol. The Morgan fingerprint density at radius 2 is 1.21 bits per heavy atom. The van der Waals surface area contributed by atoms with Crippen LogP contribution in [0, 0.1) is 0 Å². The van der Waals surface area contributed by atoms with Gasteiger partial charge in [-0.25, -0.2) is 0 Å². The Kier molecular flexibility index (Phi) is 5.89. The SMILES string of the molecule is COc1ccc(-c2ncccc2-c2cc(OC)c(OC)c(OC)c2)cc1OC. The zero-order valence-corrected chi connectivity index (χ0v) is 16.6. The van der Waals surface area contributed by atoms with Crippen molar-refractivity contribution in [2.45, 2.75) is 0 Å². The molecule has 1 heterocycles. The van der Waals surface area contributed by atoms with Gasteiger partial charge < -0.3 is 23.7 Å². The molecule has 0 atom stereocenters. The average Bonchev–Trinajstić information content (AvgIpc) is 2.77. The van der Waals surface area contributed by atoms with E-state index in [1.165, 1.54) is 0 Å². The first kappa shape index (κ1) is 19.4. The van der Waals surface area contributed by atoms with Crippen LogP contribution in [0.15, 0.2) is 48.7 Å². The van der Waals surface area contributed by atoms with E-state index in [1.54, 1.807) is 41.7 Å². The summed E-state index contributed by atoms with van der Waals surface area (Å²) < 4.78 is 27.2. The first-order chi connectivity index (χ1) is 13.7. The maximum Gasteiger partial charge on any atom is 0.203 e. The number of hydrogen-bond acceptors (Lipinski definition) is 6. The molecule has 0 amide bonds. The highest BCUT2D eigenvalue weighted by Crippen LogP contribution is 2.43. The molecule has 0 spiro atoms. The van der Waals surface area contributed by atoms with Gasteiger partial charge in [-0.3, -0.25) is 4.98 Å². The lowest BCUT2D eigenvalue weighted by Crippen LogP contribution is -1.97. The molecule has 0 bridgehead atoms. The summed E-state index contributed by atoms with van der Waals surface area (Å²) in [5, 5.41) is 0. The topological polar surface area (TPSA) is 59.0 Å². The number of ether oxygens (including phenoxy) is 5. The van der Waals surface area contributed by atoms with Gasteiger partial charge in [0.1, 0.15) is 0 Å². The van der Waals surface area contributed by atoms with Gasteiger partial charge in [0.2, 0.25) is 5.75 Å². The largest absolute Gasteiger partial charge is 0.493 e. The average molecular weight is 381 g/mol. The fraction of sp³-hybridized carbons (Fsp3) is 0.227. The summed E-state index contributed by atoms with van der Waals surface area (Å²) in [5.41, 5.74) is 3.53. The lowest BCUT2D eigenvalue weighted by atomic mass is 9.98. The summed E-state index contributed by atoms with van der Waals surface area (Å²) in [4.78, 5) is 4.60. The number of methoxy groups -OCH3 is 5. The van der Waals surface area contributed by atoms with Gasteiger partial charge in [0.15, 0.2) is 23.0 Å². The van der Waals surface area contributed by atoms with Crippen molar-refractivity contribution in [3.8, 4) is 51.1 Å². The molecule has 0 unspecified atom stereocenters. The van der Waals surface area contributed by atoms with Crippen molar-refractivity contribution < 1.29 is 23.7 Å². The molecule has 0 aliphatic carbocycles. The van der Waals surface area contributed by atoms with Gasteiger partial charge in [-0.05, 0) is 42.0 Å². The lowest BCUT2D eigenvalue weighted by Gasteiger charge is -2.16. The molecule has 28 heavy (non-hydrogen) atoms. The van der Waals surface area contributed by atoms with Gasteiger partial charge in [0.25, 0.3) is 0 Å². The number of rotatable bonds is 7. The second kappa shape index (κ2) is 8.52. The molecule has 0 aliphatic heterocycles. The highest BCUT2D eigenvalue weighted by Gasteiger charge is 2.17. The van der Waals surface area contributed by atoms with Crippen LogP contribution in [0.4, 0.5) is 0 Å². The second-order valence-electron chi connectivity index (χ2n) is 5.88. The Morgan fingerprint density at radius 1 is 0.607 bits per heavy atom. The summed E-state index contributed by atoms with van der Waals surface area (Å²) in [7, 11) is 8.00. The maximum absolute atomic E-state index is 5.49. The molecule has 0 aliphatic rings. The van der Waals surface area contributed by atoms with Crippen LogP contribution in [0.3, 0.4) is 0 Å². The van der Waals surface area contributed by atoms with Crippen molar-refractivity contribution >= 4 is 0 Å². The highest BCUT2D eigenvalue weighted by molar-refractivity contribution is 5.83. The van der Waals surface area contributed by atoms with E-state index in [0.717, 1.165) is 22.4 Å². The van der Waals surface area contributed by atoms with Gasteiger partial charge in [-0.2, -0.15) is 0 Å². The molecule has 0 radical (unpaired) electrons. The Hall–Kier alpha value is -3.41. The number of hydrogen-bond donors (Lipinski definition) is 0. The zero-order chi connectivity index (χ0) is 20.1. The van der Waals surface area contributed by atoms with E-state index in [2.05, 4.69) is 4.98 Å². The van der Waals surface area contributed by atoms with Crippen molar-refractivity contribution in [1.29, 1.82) is 0 Å². The first-order valence-electron chi connectivity index (χ1n) is 8.64. The number of pyridine rings is 1. The molecule has 0 saturated carbocycles. The van der Waals surface area contributed by atoms with E-state index in [1.807, 2.05) is 42.5 Å². The molecule has 6 nitrogen and oxygen atoms in total. The van der Waals surface area contributed by atoms with Crippen molar-refractivity contribution in [1.82, 2.24) is 4.98 Å². The maximum atomic E-state index is 5.49. The van der Waals surface area contributed by atoms with Crippen molar-refractivity contribution in [2.24, 2.45) is 0 Å². The van der Waals surface area contributed by atoms with E-state index < -0.39 is 0 Å². The number of aromatic nitrogens is 1. The van der Waals surface area contributed by atoms with Crippen LogP contribution in [-0.4, -0.2) is 40.5 Å². The molecule has 3 aromatic rings. The quantitative estimate of drug-likeness (QED) is 0.602. The van der Waals surface area contributed by atoms with E-state index in [4.69, 9.17) is 23.7 Å². The fourth-order valence-electron chi connectivity index (χ4n) is 3.09. The molecule has 146 valence electrons. The monoisotopic (exact) mass is 381 g/mol. The van der Waals surface area contributed by atoms with Gasteiger partial charge in [0.05, 0.1) is 41.2 Å². The zero-order valence-electron chi connectivity index (χ0n) is 16.6. The minimum absolute atomic E-state index is 0.547. The summed E-state index contributed by atoms with van der Waals surface area (Å²) in [6, 6.07) is 13.4. The van der Waals surface area contributed by atoms with Crippen LogP contribution in [-0.2, 0) is 0 Å². The number of nitrogens with zero attached hydrogens (tertiary/aromatic N) is 1. The van der Waals surface area contributed by atoms with Gasteiger partial charge >= 0.3 is 0 Å². The minimum atomic E-state index is 0.547. The van der Waals surface area contributed by atoms with Crippen LogP contribution in [0.25, 0.3) is 22.4 Å². The fourth-order valence-corrected chi connectivity index (χ4v) is 3.09.